The van der Waals surface area contributed by atoms with Gasteiger partial charge in [0.05, 0.1) is 6.54 Å². The second-order valence-corrected chi connectivity index (χ2v) is 7.07. The number of benzene rings is 2. The number of hydrogen-bond donors (Lipinski definition) is 1. The summed E-state index contributed by atoms with van der Waals surface area (Å²) in [4.78, 5) is 11.9. The molecule has 2 aromatic rings. The van der Waals surface area contributed by atoms with Gasteiger partial charge in [-0.3, -0.25) is 4.79 Å². The van der Waals surface area contributed by atoms with Crippen LogP contribution >= 0.6 is 0 Å². The van der Waals surface area contributed by atoms with Gasteiger partial charge < -0.3 is 14.8 Å². The molecule has 0 bridgehead atoms. The summed E-state index contributed by atoms with van der Waals surface area (Å²) in [7, 11) is 0. The average molecular weight is 357 g/mol. The maximum Gasteiger partial charge on any atom is 0.220 e. The number of hydrogen-bond acceptors (Lipinski definition) is 3. The smallest absolute Gasteiger partial charge is 0.220 e. The summed E-state index contributed by atoms with van der Waals surface area (Å²) in [6.45, 7) is 4.84. The van der Waals surface area contributed by atoms with E-state index in [0.717, 1.165) is 17.7 Å². The van der Waals surface area contributed by atoms with E-state index in [0.29, 0.717) is 30.9 Å². The van der Waals surface area contributed by atoms with E-state index in [-0.39, 0.29) is 23.7 Å². The lowest BCUT2D eigenvalue weighted by molar-refractivity contribution is -0.121. The number of nitrogens with one attached hydrogen (secondary N) is 1. The van der Waals surface area contributed by atoms with Gasteiger partial charge in [-0.05, 0) is 38.0 Å². The van der Waals surface area contributed by atoms with Crippen LogP contribution in [0.15, 0.2) is 42.5 Å². The molecule has 0 aromatic heterocycles. The number of rotatable bonds is 7. The first kappa shape index (κ1) is 18.2. The van der Waals surface area contributed by atoms with E-state index in [1.165, 1.54) is 6.07 Å². The van der Waals surface area contributed by atoms with Gasteiger partial charge in [0.2, 0.25) is 5.91 Å². The van der Waals surface area contributed by atoms with Crippen molar-refractivity contribution in [3.05, 3.63) is 59.4 Å². The van der Waals surface area contributed by atoms with Crippen molar-refractivity contribution in [2.75, 3.05) is 13.2 Å². The second-order valence-electron chi connectivity index (χ2n) is 7.07. The highest BCUT2D eigenvalue weighted by Gasteiger charge is 2.32. The Morgan fingerprint density at radius 2 is 2.04 bits per heavy atom. The minimum atomic E-state index is -0.274. The lowest BCUT2D eigenvalue weighted by Gasteiger charge is -2.18. The molecule has 0 radical (unpaired) electrons. The fourth-order valence-electron chi connectivity index (χ4n) is 3.09. The van der Waals surface area contributed by atoms with Crippen molar-refractivity contribution in [2.24, 2.45) is 0 Å². The Bertz CT molecular complexity index is 789. The molecule has 0 spiro atoms. The van der Waals surface area contributed by atoms with Crippen LogP contribution in [-0.2, 0) is 17.6 Å². The van der Waals surface area contributed by atoms with Crippen LogP contribution in [0.3, 0.4) is 0 Å². The van der Waals surface area contributed by atoms with Crippen molar-refractivity contribution in [1.29, 1.82) is 0 Å². The molecule has 1 heterocycles. The Labute approximate surface area is 153 Å². The summed E-state index contributed by atoms with van der Waals surface area (Å²) in [6.07, 6.45) is 1.49. The number of fused-ring (bicyclic) bond motifs is 1. The molecule has 0 unspecified atom stereocenters. The zero-order valence-electron chi connectivity index (χ0n) is 15.2. The van der Waals surface area contributed by atoms with Crippen LogP contribution < -0.4 is 14.8 Å². The summed E-state index contributed by atoms with van der Waals surface area (Å²) >= 11 is 0. The second kappa shape index (κ2) is 7.77. The highest BCUT2D eigenvalue weighted by atomic mass is 19.1. The molecule has 4 nitrogen and oxygen atoms in total. The van der Waals surface area contributed by atoms with Crippen LogP contribution in [0.25, 0.3) is 0 Å². The molecular formula is C21H24FNO3. The average Bonchev–Trinajstić information content (AvgIpc) is 2.92. The lowest BCUT2D eigenvalue weighted by Crippen LogP contribution is -2.28. The molecule has 5 heteroatoms. The minimum absolute atomic E-state index is 0.118. The van der Waals surface area contributed by atoms with Crippen molar-refractivity contribution in [1.82, 2.24) is 5.32 Å². The molecule has 1 N–H and O–H groups in total. The molecule has 1 aliphatic heterocycles. The Balaban J connectivity index is 1.42. The van der Waals surface area contributed by atoms with E-state index in [1.54, 1.807) is 18.2 Å². The number of amides is 1. The molecule has 0 atom stereocenters. The predicted molar refractivity (Wildman–Crippen MR) is 98.1 cm³/mol. The number of aryl methyl sites for hydroxylation is 1. The quantitative estimate of drug-likeness (QED) is 0.769. The Kier molecular flexibility index (Phi) is 5.45. The van der Waals surface area contributed by atoms with Crippen molar-refractivity contribution in [2.45, 2.75) is 38.7 Å². The maximum absolute atomic E-state index is 13.5. The van der Waals surface area contributed by atoms with Crippen LogP contribution in [0.4, 0.5) is 4.39 Å². The van der Waals surface area contributed by atoms with Gasteiger partial charge in [-0.25, -0.2) is 4.39 Å². The summed E-state index contributed by atoms with van der Waals surface area (Å²) in [5, 5.41) is 2.80. The summed E-state index contributed by atoms with van der Waals surface area (Å²) < 4.78 is 25.3. The highest BCUT2D eigenvalue weighted by Crippen LogP contribution is 2.41. The number of carbonyl (C=O) groups is 1. The minimum Gasteiger partial charge on any atom is -0.488 e. The van der Waals surface area contributed by atoms with Crippen molar-refractivity contribution < 1.29 is 18.7 Å². The Morgan fingerprint density at radius 1 is 1.23 bits per heavy atom. The van der Waals surface area contributed by atoms with Gasteiger partial charge in [-0.2, -0.15) is 0 Å². The Hall–Kier alpha value is -2.56. The SMILES string of the molecule is CC1(C)Cc2cccc(OCCNC(=O)CCc3ccccc3F)c2O1. The molecule has 3 rings (SSSR count). The normalized spacial score (nSPS) is 14.4. The first-order chi connectivity index (χ1) is 12.4. The highest BCUT2D eigenvalue weighted by molar-refractivity contribution is 5.76. The number of halogens is 1. The van der Waals surface area contributed by atoms with Crippen molar-refractivity contribution in [3.63, 3.8) is 0 Å². The zero-order chi connectivity index (χ0) is 18.6. The lowest BCUT2D eigenvalue weighted by atomic mass is 10.0. The van der Waals surface area contributed by atoms with Gasteiger partial charge in [0.1, 0.15) is 18.0 Å². The van der Waals surface area contributed by atoms with Gasteiger partial charge >= 0.3 is 0 Å². The van der Waals surface area contributed by atoms with Gasteiger partial charge in [0, 0.05) is 18.4 Å². The Morgan fingerprint density at radius 3 is 2.85 bits per heavy atom. The van der Waals surface area contributed by atoms with E-state index in [1.807, 2.05) is 32.0 Å². The topological polar surface area (TPSA) is 47.6 Å². The molecule has 1 aliphatic rings. The molecule has 0 aliphatic carbocycles. The monoisotopic (exact) mass is 357 g/mol. The molecule has 0 saturated carbocycles. The zero-order valence-corrected chi connectivity index (χ0v) is 15.2. The third-order valence-electron chi connectivity index (χ3n) is 4.32. The van der Waals surface area contributed by atoms with Gasteiger partial charge in [0.15, 0.2) is 11.5 Å². The molecule has 26 heavy (non-hydrogen) atoms. The molecule has 0 fully saturated rings. The van der Waals surface area contributed by atoms with Crippen LogP contribution in [-0.4, -0.2) is 24.7 Å². The number of para-hydroxylation sites is 1. The maximum atomic E-state index is 13.5. The third kappa shape index (κ3) is 4.54. The molecule has 0 saturated heterocycles. The summed E-state index contributed by atoms with van der Waals surface area (Å²) in [5.74, 6) is 1.11. The molecule has 2 aromatic carbocycles. The van der Waals surface area contributed by atoms with Crippen LogP contribution in [0.5, 0.6) is 11.5 Å². The first-order valence-corrected chi connectivity index (χ1v) is 8.88. The van der Waals surface area contributed by atoms with E-state index < -0.39 is 0 Å². The number of carbonyl (C=O) groups excluding carboxylic acids is 1. The first-order valence-electron chi connectivity index (χ1n) is 8.88. The number of ether oxygens (including phenoxy) is 2. The van der Waals surface area contributed by atoms with Crippen LogP contribution in [0.2, 0.25) is 0 Å². The summed E-state index contributed by atoms with van der Waals surface area (Å²) in [5.41, 5.74) is 1.47. The molecular weight excluding hydrogens is 333 g/mol. The standard InChI is InChI=1S/C21H24FNO3/c1-21(2)14-16-7-5-9-18(20(16)26-21)25-13-12-23-19(24)11-10-15-6-3-4-8-17(15)22/h3-9H,10-14H2,1-2H3,(H,23,24). The van der Waals surface area contributed by atoms with E-state index in [2.05, 4.69) is 5.32 Å². The van der Waals surface area contributed by atoms with Crippen molar-refractivity contribution in [3.8, 4) is 11.5 Å². The largest absolute Gasteiger partial charge is 0.488 e. The van der Waals surface area contributed by atoms with E-state index >= 15 is 0 Å². The van der Waals surface area contributed by atoms with Crippen LogP contribution in [0.1, 0.15) is 31.4 Å². The van der Waals surface area contributed by atoms with Gasteiger partial charge in [0.25, 0.3) is 0 Å². The van der Waals surface area contributed by atoms with Gasteiger partial charge in [-0.15, -0.1) is 0 Å². The molecule has 138 valence electrons. The predicted octanol–water partition coefficient (Wildman–Crippen LogP) is 3.67. The van der Waals surface area contributed by atoms with Crippen LogP contribution in [0, 0.1) is 5.82 Å². The molecule has 1 amide bonds. The van der Waals surface area contributed by atoms with E-state index in [4.69, 9.17) is 9.47 Å². The van der Waals surface area contributed by atoms with Crippen molar-refractivity contribution >= 4 is 5.91 Å². The summed E-state index contributed by atoms with van der Waals surface area (Å²) in [6, 6.07) is 12.4. The van der Waals surface area contributed by atoms with Gasteiger partial charge in [-0.1, -0.05) is 30.3 Å². The third-order valence-corrected chi connectivity index (χ3v) is 4.32. The fourth-order valence-corrected chi connectivity index (χ4v) is 3.09. The van der Waals surface area contributed by atoms with E-state index in [9.17, 15) is 9.18 Å². The fraction of sp³-hybridized carbons (Fsp3) is 0.381.